The minimum absolute atomic E-state index is 0.125. The molecule has 0 unspecified atom stereocenters. The molecule has 0 saturated heterocycles. The number of nitrogens with two attached hydrogens (primary N) is 1. The summed E-state index contributed by atoms with van der Waals surface area (Å²) < 4.78 is 0. The fourth-order valence-electron chi connectivity index (χ4n) is 1.36. The Bertz CT molecular complexity index is 526. The number of rotatable bonds is 4. The van der Waals surface area contributed by atoms with Crippen LogP contribution in [-0.2, 0) is 9.59 Å². The first-order valence-corrected chi connectivity index (χ1v) is 5.52. The van der Waals surface area contributed by atoms with Gasteiger partial charge in [-0.05, 0) is 25.1 Å². The average Bonchev–Trinajstić information content (AvgIpc) is 2.29. The smallest absolute Gasteiger partial charge is 0.337 e. The van der Waals surface area contributed by atoms with Gasteiger partial charge in [0, 0.05) is 12.6 Å². The number of benzene rings is 1. The third-order valence-electron chi connectivity index (χ3n) is 2.24. The van der Waals surface area contributed by atoms with Crippen molar-refractivity contribution in [2.45, 2.75) is 19.9 Å². The Balaban J connectivity index is 3.08. The molecule has 7 heteroatoms. The molecule has 0 spiro atoms. The lowest BCUT2D eigenvalue weighted by Crippen LogP contribution is -2.33. The van der Waals surface area contributed by atoms with Gasteiger partial charge in [0.15, 0.2) is 0 Å². The van der Waals surface area contributed by atoms with Gasteiger partial charge in [0.05, 0.1) is 17.3 Å². The monoisotopic (exact) mass is 265 g/mol. The zero-order valence-electron chi connectivity index (χ0n) is 10.6. The number of amides is 2. The summed E-state index contributed by atoms with van der Waals surface area (Å²) in [4.78, 5) is 33.5. The van der Waals surface area contributed by atoms with E-state index in [4.69, 9.17) is 10.8 Å². The second-order valence-electron chi connectivity index (χ2n) is 4.02. The maximum Gasteiger partial charge on any atom is 0.337 e. The van der Waals surface area contributed by atoms with Crippen molar-refractivity contribution in [3.8, 4) is 0 Å². The molecule has 1 rings (SSSR count). The lowest BCUT2D eigenvalue weighted by molar-refractivity contribution is -0.117. The number of carbonyl (C=O) groups excluding carboxylic acids is 2. The van der Waals surface area contributed by atoms with Crippen LogP contribution in [0.1, 0.15) is 24.2 Å². The molecule has 2 amide bonds. The van der Waals surface area contributed by atoms with Gasteiger partial charge in [-0.25, -0.2) is 4.79 Å². The Labute approximate surface area is 109 Å². The summed E-state index contributed by atoms with van der Waals surface area (Å²) in [6.45, 7) is 2.80. The molecule has 5 N–H and O–H groups in total. The number of nitrogens with one attached hydrogen (secondary N) is 2. The van der Waals surface area contributed by atoms with Gasteiger partial charge in [0.1, 0.15) is 0 Å². The molecule has 102 valence electrons. The molecule has 1 aromatic carbocycles. The molecular formula is C12H15N3O4. The molecule has 1 aromatic rings. The van der Waals surface area contributed by atoms with E-state index in [-0.39, 0.29) is 17.2 Å². The first kappa shape index (κ1) is 14.7. The minimum atomic E-state index is -1.22. The summed E-state index contributed by atoms with van der Waals surface area (Å²) >= 11 is 0. The van der Waals surface area contributed by atoms with Crippen molar-refractivity contribution in [2.75, 3.05) is 10.6 Å². The SMILES string of the molecule is CC(=O)Nc1ccc(NC(=O)[C@@H](C)N)c(C(=O)O)c1. The number of anilines is 2. The van der Waals surface area contributed by atoms with Crippen molar-refractivity contribution >= 4 is 29.2 Å². The molecule has 0 aliphatic carbocycles. The fourth-order valence-corrected chi connectivity index (χ4v) is 1.36. The van der Waals surface area contributed by atoms with Crippen LogP contribution in [0.4, 0.5) is 11.4 Å². The average molecular weight is 265 g/mol. The van der Waals surface area contributed by atoms with E-state index < -0.39 is 17.9 Å². The number of hydrogen-bond acceptors (Lipinski definition) is 4. The van der Waals surface area contributed by atoms with E-state index in [9.17, 15) is 14.4 Å². The lowest BCUT2D eigenvalue weighted by atomic mass is 10.1. The number of carboxylic acids is 1. The van der Waals surface area contributed by atoms with E-state index in [2.05, 4.69) is 10.6 Å². The molecule has 0 saturated carbocycles. The third kappa shape index (κ3) is 4.07. The predicted molar refractivity (Wildman–Crippen MR) is 70.0 cm³/mol. The second kappa shape index (κ2) is 5.96. The van der Waals surface area contributed by atoms with E-state index in [1.807, 2.05) is 0 Å². The largest absolute Gasteiger partial charge is 0.478 e. The van der Waals surface area contributed by atoms with Crippen LogP contribution in [0.15, 0.2) is 18.2 Å². The summed E-state index contributed by atoms with van der Waals surface area (Å²) in [6, 6.07) is 3.40. The van der Waals surface area contributed by atoms with E-state index in [1.54, 1.807) is 0 Å². The van der Waals surface area contributed by atoms with E-state index in [1.165, 1.54) is 32.0 Å². The van der Waals surface area contributed by atoms with Gasteiger partial charge in [-0.3, -0.25) is 9.59 Å². The Morgan fingerprint density at radius 3 is 2.37 bits per heavy atom. The quantitative estimate of drug-likeness (QED) is 0.636. The number of hydrogen-bond donors (Lipinski definition) is 4. The summed E-state index contributed by atoms with van der Waals surface area (Å²) in [5, 5.41) is 14.0. The van der Waals surface area contributed by atoms with Crippen LogP contribution >= 0.6 is 0 Å². The van der Waals surface area contributed by atoms with Crippen LogP contribution in [0.25, 0.3) is 0 Å². The van der Waals surface area contributed by atoms with Gasteiger partial charge in [-0.15, -0.1) is 0 Å². The van der Waals surface area contributed by atoms with E-state index in [0.717, 1.165) is 0 Å². The summed E-state index contributed by atoms with van der Waals surface area (Å²) in [5.41, 5.74) is 5.73. The highest BCUT2D eigenvalue weighted by atomic mass is 16.4. The van der Waals surface area contributed by atoms with Gasteiger partial charge >= 0.3 is 5.97 Å². The van der Waals surface area contributed by atoms with Gasteiger partial charge in [-0.2, -0.15) is 0 Å². The van der Waals surface area contributed by atoms with Crippen LogP contribution in [0.5, 0.6) is 0 Å². The molecule has 7 nitrogen and oxygen atoms in total. The fraction of sp³-hybridized carbons (Fsp3) is 0.250. The summed E-state index contributed by atoms with van der Waals surface area (Å²) in [6.07, 6.45) is 0. The predicted octanol–water partition coefficient (Wildman–Crippen LogP) is 0.629. The zero-order chi connectivity index (χ0) is 14.6. The van der Waals surface area contributed by atoms with Crippen molar-refractivity contribution in [3.05, 3.63) is 23.8 Å². The van der Waals surface area contributed by atoms with Crippen molar-refractivity contribution in [2.24, 2.45) is 5.73 Å². The first-order chi connectivity index (χ1) is 8.81. The lowest BCUT2D eigenvalue weighted by Gasteiger charge is -2.12. The van der Waals surface area contributed by atoms with Gasteiger partial charge in [0.25, 0.3) is 0 Å². The Kier molecular flexibility index (Phi) is 4.60. The molecule has 0 heterocycles. The first-order valence-electron chi connectivity index (χ1n) is 5.52. The van der Waals surface area contributed by atoms with E-state index >= 15 is 0 Å². The van der Waals surface area contributed by atoms with Crippen LogP contribution < -0.4 is 16.4 Å². The number of carbonyl (C=O) groups is 3. The maximum atomic E-state index is 11.5. The summed E-state index contributed by atoms with van der Waals surface area (Å²) in [5.74, 6) is -2.02. The number of aromatic carboxylic acids is 1. The van der Waals surface area contributed by atoms with Crippen LogP contribution in [0.2, 0.25) is 0 Å². The number of carboxylic acid groups (broad SMARTS) is 1. The summed E-state index contributed by atoms with van der Waals surface area (Å²) in [7, 11) is 0. The molecule has 0 aliphatic heterocycles. The Morgan fingerprint density at radius 1 is 1.26 bits per heavy atom. The van der Waals surface area contributed by atoms with Crippen LogP contribution in [-0.4, -0.2) is 28.9 Å². The molecule has 1 atom stereocenters. The normalized spacial score (nSPS) is 11.5. The minimum Gasteiger partial charge on any atom is -0.478 e. The molecule has 0 fully saturated rings. The zero-order valence-corrected chi connectivity index (χ0v) is 10.6. The second-order valence-corrected chi connectivity index (χ2v) is 4.02. The van der Waals surface area contributed by atoms with Crippen molar-refractivity contribution in [1.29, 1.82) is 0 Å². The topological polar surface area (TPSA) is 122 Å². The highest BCUT2D eigenvalue weighted by Gasteiger charge is 2.15. The molecule has 0 aromatic heterocycles. The van der Waals surface area contributed by atoms with Crippen molar-refractivity contribution in [3.63, 3.8) is 0 Å². The maximum absolute atomic E-state index is 11.5. The van der Waals surface area contributed by atoms with Gasteiger partial charge in [-0.1, -0.05) is 0 Å². The van der Waals surface area contributed by atoms with Gasteiger partial charge < -0.3 is 21.5 Å². The van der Waals surface area contributed by atoms with Gasteiger partial charge in [0.2, 0.25) is 11.8 Å². The highest BCUT2D eigenvalue weighted by molar-refractivity contribution is 6.03. The Hall–Kier alpha value is -2.41. The molecule has 19 heavy (non-hydrogen) atoms. The highest BCUT2D eigenvalue weighted by Crippen LogP contribution is 2.21. The molecular weight excluding hydrogens is 250 g/mol. The van der Waals surface area contributed by atoms with Crippen molar-refractivity contribution in [1.82, 2.24) is 0 Å². The third-order valence-corrected chi connectivity index (χ3v) is 2.24. The molecule has 0 radical (unpaired) electrons. The molecule has 0 bridgehead atoms. The Morgan fingerprint density at radius 2 is 1.89 bits per heavy atom. The standard InChI is InChI=1S/C12H15N3O4/c1-6(13)11(17)15-10-4-3-8(14-7(2)16)5-9(10)12(18)19/h3-6H,13H2,1-2H3,(H,14,16)(H,15,17)(H,18,19)/t6-/m1/s1. The molecule has 0 aliphatic rings. The van der Waals surface area contributed by atoms with E-state index in [0.29, 0.717) is 5.69 Å². The van der Waals surface area contributed by atoms with Crippen molar-refractivity contribution < 1.29 is 19.5 Å². The van der Waals surface area contributed by atoms with Crippen LogP contribution in [0, 0.1) is 0 Å². The van der Waals surface area contributed by atoms with Crippen LogP contribution in [0.3, 0.4) is 0 Å².